The molecule has 37 heavy (non-hydrogen) atoms. The number of carboxylic acid groups (broad SMARTS) is 1. The number of aryl methyl sites for hydroxylation is 1. The zero-order valence-electron chi connectivity index (χ0n) is 20.1. The molecule has 0 aliphatic carbocycles. The van der Waals surface area contributed by atoms with Crippen molar-refractivity contribution in [2.45, 2.75) is 24.5 Å². The molecule has 3 rings (SSSR count). The van der Waals surface area contributed by atoms with Gasteiger partial charge >= 0.3 is 16.1 Å². The number of aromatic hydroxyl groups is 1. The topological polar surface area (TPSA) is 144 Å². The minimum Gasteiger partial charge on any atom is -0.508 e. The fourth-order valence-corrected chi connectivity index (χ4v) is 5.56. The van der Waals surface area contributed by atoms with E-state index in [0.29, 0.717) is 29.9 Å². The van der Waals surface area contributed by atoms with Crippen LogP contribution in [0.2, 0.25) is 0 Å². The van der Waals surface area contributed by atoms with E-state index in [1.807, 2.05) is 0 Å². The molecule has 0 radical (unpaired) electrons. The van der Waals surface area contributed by atoms with Gasteiger partial charge < -0.3 is 19.1 Å². The molecule has 0 amide bonds. The van der Waals surface area contributed by atoms with Gasteiger partial charge in [0.2, 0.25) is 0 Å². The first-order valence-electron chi connectivity index (χ1n) is 11.3. The highest BCUT2D eigenvalue weighted by Crippen LogP contribution is 2.20. The first kappa shape index (κ1) is 28.0. The first-order chi connectivity index (χ1) is 17.4. The van der Waals surface area contributed by atoms with Crippen molar-refractivity contribution in [3.05, 3.63) is 89.5 Å². The van der Waals surface area contributed by atoms with Crippen molar-refractivity contribution in [1.82, 2.24) is 0 Å². The molecule has 11 heteroatoms. The van der Waals surface area contributed by atoms with Crippen LogP contribution in [0.25, 0.3) is 0 Å². The number of phenolic OH excluding ortho intramolecular Hbond substituents is 1. The molecule has 0 saturated heterocycles. The van der Waals surface area contributed by atoms with E-state index in [1.165, 1.54) is 24.3 Å². The summed E-state index contributed by atoms with van der Waals surface area (Å²) in [6.45, 7) is 0.342. The number of carbonyl (C=O) groups is 1. The Hall–Kier alpha value is -3.57. The molecule has 2 N–H and O–H groups in total. The van der Waals surface area contributed by atoms with Crippen LogP contribution in [-0.4, -0.2) is 56.9 Å². The zero-order valence-corrected chi connectivity index (χ0v) is 21.7. The van der Waals surface area contributed by atoms with Crippen molar-refractivity contribution in [2.75, 3.05) is 18.6 Å². The average Bonchev–Trinajstić information content (AvgIpc) is 2.83. The number of ether oxygens (including phenoxy) is 1. The van der Waals surface area contributed by atoms with E-state index in [0.717, 1.165) is 11.8 Å². The van der Waals surface area contributed by atoms with Crippen LogP contribution in [0.15, 0.2) is 72.8 Å². The van der Waals surface area contributed by atoms with Gasteiger partial charge in [0.1, 0.15) is 17.2 Å². The summed E-state index contributed by atoms with van der Waals surface area (Å²) in [5, 5.41) is 17.4. The predicted molar refractivity (Wildman–Crippen MR) is 138 cm³/mol. The molecular formula is C26H28O9S2. The van der Waals surface area contributed by atoms with E-state index in [-0.39, 0.29) is 30.1 Å². The fraction of sp³-hybridized carbons (Fsp3) is 0.269. The monoisotopic (exact) mass is 548 g/mol. The average molecular weight is 549 g/mol. The number of hydrogen-bond acceptors (Lipinski definition) is 8. The summed E-state index contributed by atoms with van der Waals surface area (Å²) in [6, 6.07) is 19.3. The molecule has 0 spiro atoms. The van der Waals surface area contributed by atoms with Crippen LogP contribution >= 0.6 is 0 Å². The Bertz CT molecular complexity index is 1400. The highest BCUT2D eigenvalue weighted by atomic mass is 32.2. The van der Waals surface area contributed by atoms with Gasteiger partial charge in [-0.15, -0.1) is 0 Å². The van der Waals surface area contributed by atoms with Gasteiger partial charge in [-0.05, 0) is 65.9 Å². The quantitative estimate of drug-likeness (QED) is 0.308. The van der Waals surface area contributed by atoms with Crippen LogP contribution in [0.1, 0.15) is 16.7 Å². The number of carboxylic acids is 1. The van der Waals surface area contributed by atoms with Gasteiger partial charge in [-0.1, -0.05) is 36.4 Å². The van der Waals surface area contributed by atoms with Crippen LogP contribution in [0.4, 0.5) is 0 Å². The lowest BCUT2D eigenvalue weighted by molar-refractivity contribution is -0.136. The number of rotatable bonds is 13. The lowest BCUT2D eigenvalue weighted by Gasteiger charge is -2.14. The predicted octanol–water partition coefficient (Wildman–Crippen LogP) is 3.01. The second-order valence-corrected chi connectivity index (χ2v) is 12.4. The van der Waals surface area contributed by atoms with Crippen LogP contribution < -0.4 is 8.92 Å². The van der Waals surface area contributed by atoms with Crippen LogP contribution in [0, 0.1) is 0 Å². The second kappa shape index (κ2) is 12.1. The largest absolute Gasteiger partial charge is 0.508 e. The maximum atomic E-state index is 12.8. The number of benzene rings is 3. The van der Waals surface area contributed by atoms with Crippen molar-refractivity contribution >= 4 is 25.9 Å². The molecule has 0 aliphatic rings. The highest BCUT2D eigenvalue weighted by Gasteiger charge is 2.32. The highest BCUT2D eigenvalue weighted by molar-refractivity contribution is 7.92. The van der Waals surface area contributed by atoms with Crippen molar-refractivity contribution in [1.29, 1.82) is 0 Å². The molecule has 198 valence electrons. The Labute approximate surface area is 216 Å². The molecule has 0 aromatic heterocycles. The summed E-state index contributed by atoms with van der Waals surface area (Å²) in [6.07, 6.45) is 1.52. The Morgan fingerprint density at radius 2 is 1.30 bits per heavy atom. The SMILES string of the molecule is CS(=O)(=O)Oc1ccc(OCCc2ccc(CC(C(=O)O)S(=O)(=O)CCc3ccc(O)cc3)cc2)cc1. The van der Waals surface area contributed by atoms with Crippen molar-refractivity contribution in [2.24, 2.45) is 0 Å². The third-order valence-electron chi connectivity index (χ3n) is 5.50. The molecule has 3 aromatic carbocycles. The maximum Gasteiger partial charge on any atom is 0.322 e. The van der Waals surface area contributed by atoms with Crippen LogP contribution in [-0.2, 0) is 44.0 Å². The number of phenols is 1. The standard InChI is InChI=1S/C26H28O9S2/c1-36(30,31)35-24-12-10-23(11-13-24)34-16-14-19-2-4-21(5-3-19)18-25(26(28)29)37(32,33)17-15-20-6-8-22(27)9-7-20/h2-13,25,27H,14-18H2,1H3,(H,28,29). The lowest BCUT2D eigenvalue weighted by atomic mass is 10.1. The van der Waals surface area contributed by atoms with Crippen LogP contribution in [0.3, 0.4) is 0 Å². The molecule has 3 aromatic rings. The van der Waals surface area contributed by atoms with E-state index >= 15 is 0 Å². The molecule has 0 heterocycles. The first-order valence-corrected chi connectivity index (χ1v) is 14.9. The van der Waals surface area contributed by atoms with Gasteiger partial charge in [0.15, 0.2) is 15.1 Å². The van der Waals surface area contributed by atoms with Crippen molar-refractivity contribution < 1.29 is 40.8 Å². The molecular weight excluding hydrogens is 520 g/mol. The zero-order chi connectivity index (χ0) is 27.1. The Morgan fingerprint density at radius 1 is 0.784 bits per heavy atom. The Morgan fingerprint density at radius 3 is 1.86 bits per heavy atom. The lowest BCUT2D eigenvalue weighted by Crippen LogP contribution is -2.34. The molecule has 0 fully saturated rings. The van der Waals surface area contributed by atoms with Gasteiger partial charge in [0.05, 0.1) is 18.6 Å². The van der Waals surface area contributed by atoms with E-state index in [2.05, 4.69) is 0 Å². The van der Waals surface area contributed by atoms with Gasteiger partial charge in [-0.3, -0.25) is 4.79 Å². The summed E-state index contributed by atoms with van der Waals surface area (Å²) >= 11 is 0. The third-order valence-corrected chi connectivity index (χ3v) is 8.00. The van der Waals surface area contributed by atoms with Crippen molar-refractivity contribution in [3.8, 4) is 17.2 Å². The third kappa shape index (κ3) is 9.10. The molecule has 0 aliphatic heterocycles. The molecule has 1 atom stereocenters. The summed E-state index contributed by atoms with van der Waals surface area (Å²) in [5.41, 5.74) is 2.20. The van der Waals surface area contributed by atoms with E-state index < -0.39 is 31.2 Å². The summed E-state index contributed by atoms with van der Waals surface area (Å²) < 4.78 is 58.3. The number of hydrogen-bond donors (Lipinski definition) is 2. The Kier molecular flexibility index (Phi) is 9.17. The van der Waals surface area contributed by atoms with Crippen LogP contribution in [0.5, 0.6) is 17.2 Å². The summed E-state index contributed by atoms with van der Waals surface area (Å²) in [4.78, 5) is 11.8. The van der Waals surface area contributed by atoms with Gasteiger partial charge in [-0.2, -0.15) is 8.42 Å². The number of sulfone groups is 1. The Balaban J connectivity index is 1.53. The van der Waals surface area contributed by atoms with Crippen molar-refractivity contribution in [3.63, 3.8) is 0 Å². The van der Waals surface area contributed by atoms with E-state index in [4.69, 9.17) is 8.92 Å². The normalized spacial score (nSPS) is 12.6. The van der Waals surface area contributed by atoms with E-state index in [1.54, 1.807) is 48.5 Å². The molecule has 1 unspecified atom stereocenters. The maximum absolute atomic E-state index is 12.8. The molecule has 9 nitrogen and oxygen atoms in total. The smallest absolute Gasteiger partial charge is 0.322 e. The summed E-state index contributed by atoms with van der Waals surface area (Å²) in [7, 11) is -7.52. The fourth-order valence-electron chi connectivity index (χ4n) is 3.54. The minimum atomic E-state index is -3.92. The molecule has 0 bridgehead atoms. The summed E-state index contributed by atoms with van der Waals surface area (Å²) in [5.74, 6) is -0.908. The van der Waals surface area contributed by atoms with E-state index in [9.17, 15) is 31.8 Å². The second-order valence-electron chi connectivity index (χ2n) is 8.49. The van der Waals surface area contributed by atoms with Gasteiger partial charge in [0, 0.05) is 6.42 Å². The van der Waals surface area contributed by atoms with Gasteiger partial charge in [-0.25, -0.2) is 8.42 Å². The minimum absolute atomic E-state index is 0.0701. The molecule has 0 saturated carbocycles. The van der Waals surface area contributed by atoms with Gasteiger partial charge in [0.25, 0.3) is 0 Å². The number of aliphatic carboxylic acids is 1.